The van der Waals surface area contributed by atoms with Gasteiger partial charge in [0.25, 0.3) is 0 Å². The molecule has 0 bridgehead atoms. The van der Waals surface area contributed by atoms with E-state index in [4.69, 9.17) is 9.47 Å². The Bertz CT molecular complexity index is 1020. The van der Waals surface area contributed by atoms with E-state index in [1.54, 1.807) is 0 Å². The fraction of sp³-hybridized carbons (Fsp3) is 0.0556. The minimum absolute atomic E-state index is 0.145. The van der Waals surface area contributed by atoms with E-state index in [0.717, 1.165) is 5.56 Å². The molecule has 0 amide bonds. The number of benzene rings is 2. The summed E-state index contributed by atoms with van der Waals surface area (Å²) in [7, 11) is 0. The van der Waals surface area contributed by atoms with E-state index in [9.17, 15) is 9.65 Å². The molecule has 0 atom stereocenters. The van der Waals surface area contributed by atoms with Gasteiger partial charge in [0.2, 0.25) is 6.79 Å². The Morgan fingerprint density at radius 2 is 2.00 bits per heavy atom. The first-order chi connectivity index (χ1) is 12.7. The summed E-state index contributed by atoms with van der Waals surface area (Å²) in [5.41, 5.74) is 5.03. The van der Waals surface area contributed by atoms with Crippen molar-refractivity contribution in [1.82, 2.24) is 4.98 Å². The van der Waals surface area contributed by atoms with Gasteiger partial charge in [-0.25, -0.2) is 9.37 Å². The Balaban J connectivity index is 1.56. The third kappa shape index (κ3) is 3.20. The first-order valence-electron chi connectivity index (χ1n) is 7.58. The summed E-state index contributed by atoms with van der Waals surface area (Å²) in [6.45, 7) is 0.210. The number of thiazole rings is 1. The quantitative estimate of drug-likeness (QED) is 0.557. The van der Waals surface area contributed by atoms with Crippen LogP contribution in [0.15, 0.2) is 52.9 Å². The largest absolute Gasteiger partial charge is 0.454 e. The van der Waals surface area contributed by atoms with Gasteiger partial charge >= 0.3 is 0 Å². The van der Waals surface area contributed by atoms with Crippen LogP contribution in [0.25, 0.3) is 11.3 Å². The van der Waals surface area contributed by atoms with Gasteiger partial charge in [-0.15, -0.1) is 11.3 Å². The molecule has 2 heterocycles. The number of anilines is 1. The molecule has 8 heteroatoms. The van der Waals surface area contributed by atoms with Gasteiger partial charge in [-0.2, -0.15) is 10.4 Å². The molecule has 0 fully saturated rings. The van der Waals surface area contributed by atoms with Crippen LogP contribution in [0.1, 0.15) is 5.01 Å². The van der Waals surface area contributed by atoms with Gasteiger partial charge < -0.3 is 9.47 Å². The van der Waals surface area contributed by atoms with Crippen molar-refractivity contribution in [2.75, 3.05) is 12.2 Å². The Hall–Kier alpha value is -3.44. The van der Waals surface area contributed by atoms with E-state index in [-0.39, 0.29) is 18.3 Å². The summed E-state index contributed by atoms with van der Waals surface area (Å²) in [4.78, 5) is 4.47. The Morgan fingerprint density at radius 1 is 1.19 bits per heavy atom. The minimum atomic E-state index is -0.340. The van der Waals surface area contributed by atoms with Gasteiger partial charge in [0, 0.05) is 10.9 Å². The average Bonchev–Trinajstić information content (AvgIpc) is 3.32. The Labute approximate surface area is 152 Å². The van der Waals surface area contributed by atoms with E-state index in [0.29, 0.717) is 27.9 Å². The molecular formula is C18H11FN4O2S. The highest BCUT2D eigenvalue weighted by atomic mass is 32.1. The van der Waals surface area contributed by atoms with E-state index in [1.165, 1.54) is 35.6 Å². The van der Waals surface area contributed by atoms with Crippen molar-refractivity contribution >= 4 is 22.7 Å². The minimum Gasteiger partial charge on any atom is -0.454 e. The molecule has 0 saturated heterocycles. The highest BCUT2D eigenvalue weighted by Gasteiger charge is 2.16. The number of ether oxygens (including phenoxy) is 2. The lowest BCUT2D eigenvalue weighted by molar-refractivity contribution is 0.174. The van der Waals surface area contributed by atoms with Crippen molar-refractivity contribution in [3.05, 3.63) is 58.7 Å². The number of fused-ring (bicyclic) bond motifs is 1. The first-order valence-corrected chi connectivity index (χ1v) is 8.46. The molecule has 1 aliphatic heterocycles. The molecule has 26 heavy (non-hydrogen) atoms. The molecule has 3 aromatic rings. The van der Waals surface area contributed by atoms with E-state index >= 15 is 0 Å². The summed E-state index contributed by atoms with van der Waals surface area (Å²) < 4.78 is 23.6. The zero-order valence-electron chi connectivity index (χ0n) is 13.3. The third-order valence-corrected chi connectivity index (χ3v) is 4.47. The number of nitrogens with zero attached hydrogens (tertiary/aromatic N) is 3. The van der Waals surface area contributed by atoms with Crippen LogP contribution in [0.3, 0.4) is 0 Å². The first kappa shape index (κ1) is 16.1. The van der Waals surface area contributed by atoms with Gasteiger partial charge in [-0.3, -0.25) is 5.43 Å². The summed E-state index contributed by atoms with van der Waals surface area (Å²) in [6.07, 6.45) is 0. The Morgan fingerprint density at radius 3 is 2.81 bits per heavy atom. The fourth-order valence-corrected chi connectivity index (χ4v) is 3.10. The molecule has 128 valence electrons. The predicted molar refractivity (Wildman–Crippen MR) is 95.8 cm³/mol. The molecule has 0 radical (unpaired) electrons. The maximum atomic E-state index is 12.9. The van der Waals surface area contributed by atoms with Gasteiger partial charge in [-0.1, -0.05) is 0 Å². The smallest absolute Gasteiger partial charge is 0.231 e. The van der Waals surface area contributed by atoms with E-state index < -0.39 is 0 Å². The van der Waals surface area contributed by atoms with Crippen LogP contribution in [0, 0.1) is 17.1 Å². The summed E-state index contributed by atoms with van der Waals surface area (Å²) in [5, 5.41) is 15.7. The molecule has 6 nitrogen and oxygen atoms in total. The third-order valence-electron chi connectivity index (χ3n) is 3.62. The maximum Gasteiger partial charge on any atom is 0.231 e. The molecule has 1 aliphatic rings. The van der Waals surface area contributed by atoms with Crippen molar-refractivity contribution in [3.63, 3.8) is 0 Å². The standard InChI is InChI=1S/C18H11FN4O2S/c19-12-2-4-13(5-3-12)22-23-14(8-20)18-21-15(9-26-18)11-1-6-16-17(7-11)25-10-24-16/h1-7,9,22H,10H2/b23-14+. The van der Waals surface area contributed by atoms with Crippen molar-refractivity contribution in [3.8, 4) is 28.8 Å². The average molecular weight is 366 g/mol. The van der Waals surface area contributed by atoms with Gasteiger partial charge in [0.15, 0.2) is 22.2 Å². The van der Waals surface area contributed by atoms with Crippen LogP contribution in [0.4, 0.5) is 10.1 Å². The monoisotopic (exact) mass is 366 g/mol. The molecule has 0 spiro atoms. The van der Waals surface area contributed by atoms with Crippen LogP contribution < -0.4 is 14.9 Å². The molecule has 1 aromatic heterocycles. The van der Waals surface area contributed by atoms with Crippen LogP contribution in [-0.2, 0) is 0 Å². The summed E-state index contributed by atoms with van der Waals surface area (Å²) >= 11 is 1.31. The summed E-state index contributed by atoms with van der Waals surface area (Å²) in [5.74, 6) is 1.03. The van der Waals surface area contributed by atoms with Gasteiger partial charge in [0.1, 0.15) is 11.9 Å². The molecule has 1 N–H and O–H groups in total. The van der Waals surface area contributed by atoms with Crippen LogP contribution in [0.2, 0.25) is 0 Å². The lowest BCUT2D eigenvalue weighted by Crippen LogP contribution is -2.01. The van der Waals surface area contributed by atoms with Crippen LogP contribution in [-0.4, -0.2) is 17.5 Å². The molecule has 4 rings (SSSR count). The number of hydrazone groups is 1. The highest BCUT2D eigenvalue weighted by molar-refractivity contribution is 7.12. The molecule has 0 saturated carbocycles. The van der Waals surface area contributed by atoms with Crippen molar-refractivity contribution in [1.29, 1.82) is 5.26 Å². The zero-order valence-corrected chi connectivity index (χ0v) is 14.1. The van der Waals surface area contributed by atoms with E-state index in [2.05, 4.69) is 15.5 Å². The maximum absolute atomic E-state index is 12.9. The van der Waals surface area contributed by atoms with Gasteiger partial charge in [-0.05, 0) is 42.5 Å². The fourth-order valence-electron chi connectivity index (χ4n) is 2.34. The molecular weight excluding hydrogens is 355 g/mol. The number of halogens is 1. The zero-order chi connectivity index (χ0) is 17.9. The van der Waals surface area contributed by atoms with Crippen LogP contribution in [0.5, 0.6) is 11.5 Å². The van der Waals surface area contributed by atoms with Gasteiger partial charge in [0.05, 0.1) is 11.4 Å². The number of rotatable bonds is 4. The predicted octanol–water partition coefficient (Wildman–Crippen LogP) is 4.02. The number of aromatic nitrogens is 1. The summed E-state index contributed by atoms with van der Waals surface area (Å²) in [6, 6.07) is 13.3. The Kier molecular flexibility index (Phi) is 4.21. The molecule has 2 aromatic carbocycles. The molecule has 0 aliphatic carbocycles. The second-order valence-corrected chi connectivity index (χ2v) is 6.15. The number of nitriles is 1. The van der Waals surface area contributed by atoms with Crippen LogP contribution >= 0.6 is 11.3 Å². The molecule has 0 unspecified atom stereocenters. The SMILES string of the molecule is N#C/C(=N\Nc1ccc(F)cc1)c1nc(-c2ccc3c(c2)OCO3)cs1. The number of hydrogen-bond donors (Lipinski definition) is 1. The van der Waals surface area contributed by atoms with E-state index in [1.807, 2.05) is 29.6 Å². The lowest BCUT2D eigenvalue weighted by atomic mass is 10.1. The lowest BCUT2D eigenvalue weighted by Gasteiger charge is -2.00. The highest BCUT2D eigenvalue weighted by Crippen LogP contribution is 2.36. The van der Waals surface area contributed by atoms with Crippen molar-refractivity contribution < 1.29 is 13.9 Å². The second-order valence-electron chi connectivity index (χ2n) is 5.30. The second kappa shape index (κ2) is 6.82. The number of nitrogens with one attached hydrogen (secondary N) is 1. The normalized spacial score (nSPS) is 12.7. The van der Waals surface area contributed by atoms with Crippen molar-refractivity contribution in [2.45, 2.75) is 0 Å². The number of hydrogen-bond acceptors (Lipinski definition) is 7. The van der Waals surface area contributed by atoms with Crippen molar-refractivity contribution in [2.24, 2.45) is 5.10 Å². The topological polar surface area (TPSA) is 79.5 Å².